The molecule has 5 nitrogen and oxygen atoms in total. The van der Waals surface area contributed by atoms with Crippen molar-refractivity contribution in [2.75, 3.05) is 0 Å². The second-order valence-electron chi connectivity index (χ2n) is 4.91. The van der Waals surface area contributed by atoms with Gasteiger partial charge < -0.3 is 9.84 Å². The molecular weight excluding hydrogens is 278 g/mol. The van der Waals surface area contributed by atoms with Gasteiger partial charge in [0.1, 0.15) is 12.4 Å². The van der Waals surface area contributed by atoms with Crippen molar-refractivity contribution >= 4 is 0 Å². The number of nitrogens with one attached hydrogen (secondary N) is 1. The number of hydrogen-bond donors (Lipinski definition) is 2. The largest absolute Gasteiger partial charge is 0.487 e. The van der Waals surface area contributed by atoms with E-state index in [1.165, 1.54) is 0 Å². The molecule has 0 bridgehead atoms. The van der Waals surface area contributed by atoms with E-state index in [4.69, 9.17) is 9.84 Å². The lowest BCUT2D eigenvalue weighted by atomic mass is 10.1. The summed E-state index contributed by atoms with van der Waals surface area (Å²) in [7, 11) is 0. The van der Waals surface area contributed by atoms with Crippen LogP contribution in [0.1, 0.15) is 17.1 Å². The van der Waals surface area contributed by atoms with Gasteiger partial charge in [-0.25, -0.2) is 0 Å². The Labute approximate surface area is 128 Å². The van der Waals surface area contributed by atoms with Crippen molar-refractivity contribution in [2.24, 2.45) is 0 Å². The Bertz CT molecular complexity index is 768. The minimum absolute atomic E-state index is 0.0726. The fraction of sp³-hybridized carbons (Fsp3) is 0.176. The normalized spacial score (nSPS) is 10.6. The molecule has 0 aliphatic heterocycles. The number of benzene rings is 1. The summed E-state index contributed by atoms with van der Waals surface area (Å²) in [5.74, 6) is 0.717. The average Bonchev–Trinajstić information content (AvgIpc) is 2.99. The Morgan fingerprint density at radius 1 is 1.27 bits per heavy atom. The maximum Gasteiger partial charge on any atom is 0.130 e. The molecule has 0 saturated heterocycles. The van der Waals surface area contributed by atoms with Crippen LogP contribution in [0.2, 0.25) is 0 Å². The fourth-order valence-corrected chi connectivity index (χ4v) is 2.19. The van der Waals surface area contributed by atoms with Gasteiger partial charge in [-0.3, -0.25) is 10.1 Å². The van der Waals surface area contributed by atoms with Gasteiger partial charge in [-0.15, -0.1) is 0 Å². The van der Waals surface area contributed by atoms with Crippen LogP contribution in [0, 0.1) is 13.0 Å². The lowest BCUT2D eigenvalue weighted by molar-refractivity contribution is 0.272. The minimum Gasteiger partial charge on any atom is -0.487 e. The number of nitrogens with zero attached hydrogens (tertiary/aromatic N) is 2. The number of hydrogen-bond acceptors (Lipinski definition) is 4. The lowest BCUT2D eigenvalue weighted by Crippen LogP contribution is -2.00. The number of aliphatic hydroxyl groups excluding tert-OH is 1. The van der Waals surface area contributed by atoms with Gasteiger partial charge in [0.05, 0.1) is 23.7 Å². The molecule has 0 amide bonds. The van der Waals surface area contributed by atoms with Crippen molar-refractivity contribution in [1.82, 2.24) is 15.2 Å². The standard InChI is InChI=1S/C17H16N3O2/c1-12-17(9-18-20-12)13-4-2-7-16(8-13)22-11-15-6-3-5-14(10-21)19-15/h3-9,21H,10-11H2,1H3,(H,18,20). The van der Waals surface area contributed by atoms with Crippen LogP contribution in [-0.4, -0.2) is 20.3 Å². The van der Waals surface area contributed by atoms with E-state index in [-0.39, 0.29) is 6.61 Å². The topological polar surface area (TPSA) is 71.0 Å². The highest BCUT2D eigenvalue weighted by molar-refractivity contribution is 5.66. The average molecular weight is 294 g/mol. The highest BCUT2D eigenvalue weighted by atomic mass is 16.5. The van der Waals surface area contributed by atoms with E-state index in [1.54, 1.807) is 12.1 Å². The third kappa shape index (κ3) is 3.15. The summed E-state index contributed by atoms with van der Waals surface area (Å²) in [5.41, 5.74) is 4.37. The SMILES string of the molecule is Cc1n[nH]cc1-c1c[c]cc(OCc2cccc(CO)n2)c1. The zero-order valence-electron chi connectivity index (χ0n) is 12.2. The van der Waals surface area contributed by atoms with Crippen molar-refractivity contribution in [3.8, 4) is 16.9 Å². The molecule has 111 valence electrons. The highest BCUT2D eigenvalue weighted by Crippen LogP contribution is 2.25. The van der Waals surface area contributed by atoms with Gasteiger partial charge in [0, 0.05) is 11.8 Å². The molecule has 0 saturated carbocycles. The first kappa shape index (κ1) is 14.3. The number of aryl methyl sites for hydroxylation is 1. The van der Waals surface area contributed by atoms with E-state index in [2.05, 4.69) is 21.2 Å². The van der Waals surface area contributed by atoms with Crippen molar-refractivity contribution in [3.63, 3.8) is 0 Å². The van der Waals surface area contributed by atoms with Crippen molar-refractivity contribution in [3.05, 3.63) is 65.7 Å². The molecule has 1 radical (unpaired) electrons. The van der Waals surface area contributed by atoms with E-state index >= 15 is 0 Å². The summed E-state index contributed by atoms with van der Waals surface area (Å²) in [6, 6.07) is 14.2. The van der Waals surface area contributed by atoms with Gasteiger partial charge in [-0.2, -0.15) is 5.10 Å². The molecule has 0 aliphatic rings. The predicted octanol–water partition coefficient (Wildman–Crippen LogP) is 2.65. The zero-order chi connectivity index (χ0) is 15.4. The molecule has 0 fully saturated rings. The quantitative estimate of drug-likeness (QED) is 0.759. The zero-order valence-corrected chi connectivity index (χ0v) is 12.2. The third-order valence-electron chi connectivity index (χ3n) is 3.32. The second kappa shape index (κ2) is 6.41. The summed E-state index contributed by atoms with van der Waals surface area (Å²) < 4.78 is 5.76. The van der Waals surface area contributed by atoms with Crippen LogP contribution in [0.3, 0.4) is 0 Å². The molecule has 2 aromatic heterocycles. The van der Waals surface area contributed by atoms with Gasteiger partial charge in [0.15, 0.2) is 0 Å². The van der Waals surface area contributed by atoms with Gasteiger partial charge in [-0.05, 0) is 48.9 Å². The smallest absolute Gasteiger partial charge is 0.130 e. The maximum atomic E-state index is 9.10. The number of aromatic amines is 1. The number of pyridine rings is 1. The number of H-pyrrole nitrogens is 1. The molecule has 2 heterocycles. The van der Waals surface area contributed by atoms with Crippen LogP contribution >= 0.6 is 0 Å². The van der Waals surface area contributed by atoms with Crippen molar-refractivity contribution < 1.29 is 9.84 Å². The molecule has 0 spiro atoms. The predicted molar refractivity (Wildman–Crippen MR) is 82.1 cm³/mol. The molecule has 2 N–H and O–H groups in total. The molecule has 1 aromatic carbocycles. The Morgan fingerprint density at radius 3 is 2.91 bits per heavy atom. The van der Waals surface area contributed by atoms with E-state index in [0.29, 0.717) is 18.1 Å². The first-order valence-corrected chi connectivity index (χ1v) is 6.96. The van der Waals surface area contributed by atoms with E-state index in [1.807, 2.05) is 37.4 Å². The molecule has 3 rings (SSSR count). The van der Waals surface area contributed by atoms with Gasteiger partial charge in [0.25, 0.3) is 0 Å². The van der Waals surface area contributed by atoms with Crippen LogP contribution in [0.5, 0.6) is 5.75 Å². The lowest BCUT2D eigenvalue weighted by Gasteiger charge is -2.08. The van der Waals surface area contributed by atoms with E-state index in [9.17, 15) is 0 Å². The van der Waals surface area contributed by atoms with Gasteiger partial charge in [0.2, 0.25) is 0 Å². The van der Waals surface area contributed by atoms with Gasteiger partial charge in [-0.1, -0.05) is 6.07 Å². The monoisotopic (exact) mass is 294 g/mol. The summed E-state index contributed by atoms with van der Waals surface area (Å²) in [5, 5.41) is 16.1. The highest BCUT2D eigenvalue weighted by Gasteiger charge is 2.06. The van der Waals surface area contributed by atoms with Crippen LogP contribution < -0.4 is 4.74 Å². The van der Waals surface area contributed by atoms with Crippen molar-refractivity contribution in [1.29, 1.82) is 0 Å². The van der Waals surface area contributed by atoms with Crippen LogP contribution in [0.25, 0.3) is 11.1 Å². The Morgan fingerprint density at radius 2 is 2.14 bits per heavy atom. The Balaban J connectivity index is 1.74. The third-order valence-corrected chi connectivity index (χ3v) is 3.32. The molecule has 0 unspecified atom stereocenters. The first-order valence-electron chi connectivity index (χ1n) is 6.96. The Hall–Kier alpha value is -2.66. The van der Waals surface area contributed by atoms with Crippen molar-refractivity contribution in [2.45, 2.75) is 20.1 Å². The first-order chi connectivity index (χ1) is 10.8. The van der Waals surface area contributed by atoms with Gasteiger partial charge >= 0.3 is 0 Å². The van der Waals surface area contributed by atoms with E-state index in [0.717, 1.165) is 22.5 Å². The van der Waals surface area contributed by atoms with E-state index < -0.39 is 0 Å². The molecule has 0 atom stereocenters. The summed E-state index contributed by atoms with van der Waals surface area (Å²) >= 11 is 0. The number of rotatable bonds is 5. The fourth-order valence-electron chi connectivity index (χ4n) is 2.19. The summed E-state index contributed by atoms with van der Waals surface area (Å²) in [6.07, 6.45) is 1.86. The summed E-state index contributed by atoms with van der Waals surface area (Å²) in [4.78, 5) is 4.29. The van der Waals surface area contributed by atoms with Crippen LogP contribution in [0.4, 0.5) is 0 Å². The molecule has 22 heavy (non-hydrogen) atoms. The molecule has 5 heteroatoms. The molecule has 3 aromatic rings. The second-order valence-corrected chi connectivity index (χ2v) is 4.91. The number of aromatic nitrogens is 3. The Kier molecular flexibility index (Phi) is 4.16. The van der Waals surface area contributed by atoms with Crippen LogP contribution in [0.15, 0.2) is 42.6 Å². The molecule has 0 aliphatic carbocycles. The molecular formula is C17H16N3O2. The van der Waals surface area contributed by atoms with Crippen LogP contribution in [-0.2, 0) is 13.2 Å². The number of ether oxygens (including phenoxy) is 1. The summed E-state index contributed by atoms with van der Waals surface area (Å²) in [6.45, 7) is 2.22. The minimum atomic E-state index is -0.0726. The number of aliphatic hydroxyl groups is 1. The maximum absolute atomic E-state index is 9.10.